The van der Waals surface area contributed by atoms with E-state index in [9.17, 15) is 41.7 Å². The number of nitrogens with one attached hydrogen (secondary N) is 2. The molecule has 3 heterocycles. The van der Waals surface area contributed by atoms with E-state index in [1.165, 1.54) is 11.0 Å². The quantitative estimate of drug-likeness (QED) is 0.0938. The van der Waals surface area contributed by atoms with Crippen LogP contribution in [0.5, 0.6) is 0 Å². The molecule has 1 aromatic heterocycles. The van der Waals surface area contributed by atoms with E-state index < -0.39 is 64.1 Å². The SMILES string of the molecule is CCCCN1CCN(C(=O)NC(C(=O)N[C@H]2C(=O)N(S(=O)(=O)[O-])[C@H]2C(=O)OC)c2cccs2)C(=O)C1=O.[Na+]. The molecule has 0 radical (unpaired) electrons. The minimum absolute atomic E-state index is 0. The molecule has 3 rings (SSSR count). The standard InChI is InChI=1S/C20H25N5O10S2.Na/c1-3-4-7-23-8-9-24(18(29)17(23)28)20(31)22-12(11-6-5-10-36-11)15(26)21-13-14(19(30)35-2)25(16(13)27)37(32,33)34;/h5-6,10,12-14H,3-4,7-9H2,1-2H3,(H,21,26)(H,22,31)(H,32,33,34);/q;+1/p-1/t12?,13-,14-;/m1./s1. The van der Waals surface area contributed by atoms with Gasteiger partial charge in [-0.05, 0) is 17.9 Å². The number of thiophene rings is 1. The molecule has 202 valence electrons. The van der Waals surface area contributed by atoms with Gasteiger partial charge < -0.3 is 24.8 Å². The molecule has 38 heavy (non-hydrogen) atoms. The van der Waals surface area contributed by atoms with Crippen molar-refractivity contribution >= 4 is 57.3 Å². The van der Waals surface area contributed by atoms with E-state index in [-0.39, 0.29) is 51.8 Å². The molecule has 6 amide bonds. The Kier molecular flexibility index (Phi) is 10.8. The Bertz CT molecular complexity index is 1210. The molecule has 2 aliphatic heterocycles. The largest absolute Gasteiger partial charge is 1.00 e. The van der Waals surface area contributed by atoms with Crippen LogP contribution in [0.25, 0.3) is 0 Å². The van der Waals surface area contributed by atoms with Gasteiger partial charge in [-0.2, -0.15) is 0 Å². The van der Waals surface area contributed by atoms with Crippen molar-refractivity contribution in [3.63, 3.8) is 0 Å². The molecule has 1 unspecified atom stereocenters. The summed E-state index contributed by atoms with van der Waals surface area (Å²) in [6.45, 7) is 2.29. The number of methoxy groups -OCH3 is 1. The molecule has 15 nitrogen and oxygen atoms in total. The topological polar surface area (TPSA) is 203 Å². The van der Waals surface area contributed by atoms with Crippen LogP contribution in [0.15, 0.2) is 17.5 Å². The van der Waals surface area contributed by atoms with Crippen molar-refractivity contribution in [1.82, 2.24) is 24.7 Å². The van der Waals surface area contributed by atoms with E-state index >= 15 is 0 Å². The number of rotatable bonds is 9. The van der Waals surface area contributed by atoms with Gasteiger partial charge in [0.25, 0.3) is 5.91 Å². The average molecular weight is 582 g/mol. The third kappa shape index (κ3) is 6.52. The molecule has 2 saturated heterocycles. The number of unbranched alkanes of at least 4 members (excludes halogenated alkanes) is 1. The molecule has 1 aromatic rings. The van der Waals surface area contributed by atoms with E-state index in [0.717, 1.165) is 24.9 Å². The van der Waals surface area contributed by atoms with Crippen LogP contribution in [0, 0.1) is 0 Å². The van der Waals surface area contributed by atoms with Gasteiger partial charge in [-0.1, -0.05) is 19.4 Å². The van der Waals surface area contributed by atoms with Gasteiger partial charge >= 0.3 is 53.4 Å². The van der Waals surface area contributed by atoms with Gasteiger partial charge in [0, 0.05) is 24.5 Å². The predicted octanol–water partition coefficient (Wildman–Crippen LogP) is -4.70. The van der Waals surface area contributed by atoms with Crippen molar-refractivity contribution in [2.24, 2.45) is 0 Å². The summed E-state index contributed by atoms with van der Waals surface area (Å²) in [5, 5.41) is 6.08. The van der Waals surface area contributed by atoms with Crippen LogP contribution in [0.4, 0.5) is 4.79 Å². The third-order valence-corrected chi connectivity index (χ3v) is 7.55. The molecule has 2 fully saturated rings. The van der Waals surface area contributed by atoms with Gasteiger partial charge in [0.15, 0.2) is 16.3 Å². The van der Waals surface area contributed by atoms with Crippen LogP contribution in [-0.2, 0) is 39.0 Å². The van der Waals surface area contributed by atoms with Crippen molar-refractivity contribution in [1.29, 1.82) is 0 Å². The molecule has 0 bridgehead atoms. The Morgan fingerprint density at radius 2 is 1.89 bits per heavy atom. The molecule has 0 aromatic carbocycles. The van der Waals surface area contributed by atoms with Gasteiger partial charge in [-0.3, -0.25) is 24.1 Å². The van der Waals surface area contributed by atoms with E-state index in [1.807, 2.05) is 6.92 Å². The molecule has 18 heteroatoms. The monoisotopic (exact) mass is 581 g/mol. The zero-order valence-electron chi connectivity index (χ0n) is 20.7. The minimum Gasteiger partial charge on any atom is -0.731 e. The Morgan fingerprint density at radius 1 is 1.21 bits per heavy atom. The number of carbonyl (C=O) groups is 6. The Balaban J connectivity index is 0.00000507. The number of imide groups is 1. The van der Waals surface area contributed by atoms with Crippen molar-refractivity contribution in [3.8, 4) is 0 Å². The molecule has 2 aliphatic rings. The molecule has 2 N–H and O–H groups in total. The number of carbonyl (C=O) groups excluding carboxylic acids is 6. The number of ether oxygens (including phenoxy) is 1. The van der Waals surface area contributed by atoms with E-state index in [0.29, 0.717) is 17.9 Å². The van der Waals surface area contributed by atoms with Crippen molar-refractivity contribution in [3.05, 3.63) is 22.4 Å². The second-order valence-corrected chi connectivity index (χ2v) is 10.3. The van der Waals surface area contributed by atoms with Crippen molar-refractivity contribution < 1.29 is 76.0 Å². The summed E-state index contributed by atoms with van der Waals surface area (Å²) < 4.78 is 38.3. The molecule has 3 atom stereocenters. The molecule has 0 saturated carbocycles. The summed E-state index contributed by atoms with van der Waals surface area (Å²) in [5.74, 6) is -5.58. The van der Waals surface area contributed by atoms with Crippen LogP contribution < -0.4 is 40.2 Å². The Hall–Kier alpha value is -2.57. The van der Waals surface area contributed by atoms with Gasteiger partial charge in [0.05, 0.1) is 7.11 Å². The Labute approximate surface area is 244 Å². The number of β-lactam (4-membered cyclic amide) rings is 1. The number of urea groups is 1. The second kappa shape index (κ2) is 13.0. The van der Waals surface area contributed by atoms with E-state index in [2.05, 4.69) is 15.4 Å². The van der Waals surface area contributed by atoms with Crippen LogP contribution in [-0.4, -0.2) is 102 Å². The summed E-state index contributed by atoms with van der Waals surface area (Å²) in [7, 11) is -4.48. The van der Waals surface area contributed by atoms with Crippen LogP contribution in [0.1, 0.15) is 30.7 Å². The van der Waals surface area contributed by atoms with Gasteiger partial charge in [0.2, 0.25) is 5.91 Å². The van der Waals surface area contributed by atoms with Crippen molar-refractivity contribution in [2.75, 3.05) is 26.7 Å². The first kappa shape index (κ1) is 31.6. The average Bonchev–Trinajstić information content (AvgIpc) is 3.38. The minimum atomic E-state index is -5.37. The fraction of sp³-hybridized carbons (Fsp3) is 0.500. The van der Waals surface area contributed by atoms with Gasteiger partial charge in [-0.25, -0.2) is 22.3 Å². The number of hydrogen-bond acceptors (Lipinski definition) is 11. The second-order valence-electron chi connectivity index (χ2n) is 8.05. The zero-order chi connectivity index (χ0) is 27.5. The first-order valence-electron chi connectivity index (χ1n) is 11.0. The third-order valence-electron chi connectivity index (χ3n) is 5.73. The maximum Gasteiger partial charge on any atom is 1.00 e. The fourth-order valence-corrected chi connectivity index (χ4v) is 5.39. The maximum absolute atomic E-state index is 13.1. The molecule has 0 spiro atoms. The maximum atomic E-state index is 13.1. The number of amides is 6. The van der Waals surface area contributed by atoms with Crippen LogP contribution in [0.2, 0.25) is 0 Å². The molecule has 0 aliphatic carbocycles. The van der Waals surface area contributed by atoms with E-state index in [1.54, 1.807) is 11.4 Å². The smallest absolute Gasteiger partial charge is 0.731 e. The summed E-state index contributed by atoms with van der Waals surface area (Å²) in [6.07, 6.45) is 1.49. The summed E-state index contributed by atoms with van der Waals surface area (Å²) in [6, 6.07) is -3.19. The Morgan fingerprint density at radius 3 is 2.45 bits per heavy atom. The number of piperazine rings is 1. The molecular formula is C20H24N5NaO10S2. The number of hydrogen-bond donors (Lipinski definition) is 2. The summed E-state index contributed by atoms with van der Waals surface area (Å²) in [4.78, 5) is 77.5. The summed E-state index contributed by atoms with van der Waals surface area (Å²) >= 11 is 1.04. The molecular weight excluding hydrogens is 557 g/mol. The normalized spacial score (nSPS) is 20.3. The van der Waals surface area contributed by atoms with Crippen LogP contribution >= 0.6 is 11.3 Å². The van der Waals surface area contributed by atoms with Crippen LogP contribution in [0.3, 0.4) is 0 Å². The van der Waals surface area contributed by atoms with E-state index in [4.69, 9.17) is 0 Å². The number of esters is 1. The van der Waals surface area contributed by atoms with Gasteiger partial charge in [-0.15, -0.1) is 11.3 Å². The predicted molar refractivity (Wildman–Crippen MR) is 123 cm³/mol. The summed E-state index contributed by atoms with van der Waals surface area (Å²) in [5.41, 5.74) is 0. The first-order chi connectivity index (χ1) is 17.4. The first-order valence-corrected chi connectivity index (χ1v) is 13.3. The van der Waals surface area contributed by atoms with Gasteiger partial charge in [0.1, 0.15) is 12.1 Å². The van der Waals surface area contributed by atoms with Crippen molar-refractivity contribution in [2.45, 2.75) is 37.9 Å². The zero-order valence-corrected chi connectivity index (χ0v) is 24.4. The fourth-order valence-electron chi connectivity index (χ4n) is 3.80. The number of nitrogens with zero attached hydrogens (tertiary/aromatic N) is 3.